The van der Waals surface area contributed by atoms with E-state index in [0.29, 0.717) is 17.1 Å². The minimum atomic E-state index is 0.574. The maximum absolute atomic E-state index is 6.15. The molecule has 4 rings (SSSR count). The first-order valence-electron chi connectivity index (χ1n) is 6.32. The Kier molecular flexibility index (Phi) is 2.23. The van der Waals surface area contributed by atoms with Gasteiger partial charge in [-0.2, -0.15) is 0 Å². The summed E-state index contributed by atoms with van der Waals surface area (Å²) in [5.41, 5.74) is 9.84. The number of para-hydroxylation sites is 3. The quantitative estimate of drug-likeness (QED) is 0.568. The topological polar surface area (TPSA) is 64.9 Å². The molecule has 0 aliphatic carbocycles. The summed E-state index contributed by atoms with van der Waals surface area (Å²) in [6.45, 7) is 0. The number of hydrogen-bond donors (Lipinski definition) is 1. The van der Waals surface area contributed by atoms with Gasteiger partial charge >= 0.3 is 0 Å². The summed E-state index contributed by atoms with van der Waals surface area (Å²) in [5, 5.41) is 0.900. The number of nitrogens with two attached hydrogens (primary N) is 1. The van der Waals surface area contributed by atoms with E-state index in [-0.39, 0.29) is 0 Å². The zero-order chi connectivity index (χ0) is 13.5. The molecular weight excluding hydrogens is 250 g/mol. The molecule has 0 unspecified atom stereocenters. The van der Waals surface area contributed by atoms with Gasteiger partial charge in [-0.15, -0.1) is 0 Å². The van der Waals surface area contributed by atoms with Gasteiger partial charge in [-0.1, -0.05) is 24.3 Å². The van der Waals surface area contributed by atoms with Crippen LogP contribution in [0.3, 0.4) is 0 Å². The molecule has 0 bridgehead atoms. The molecule has 0 aliphatic rings. The molecule has 20 heavy (non-hydrogen) atoms. The summed E-state index contributed by atoms with van der Waals surface area (Å²) in [6.07, 6.45) is 1.69. The number of benzene rings is 2. The predicted molar refractivity (Wildman–Crippen MR) is 79.2 cm³/mol. The Balaban J connectivity index is 1.98. The Morgan fingerprint density at radius 1 is 0.900 bits per heavy atom. The van der Waals surface area contributed by atoms with Gasteiger partial charge in [0.2, 0.25) is 0 Å². The molecule has 2 aromatic carbocycles. The van der Waals surface area contributed by atoms with Gasteiger partial charge in [-0.05, 0) is 24.3 Å². The van der Waals surface area contributed by atoms with E-state index < -0.39 is 0 Å². The van der Waals surface area contributed by atoms with E-state index in [1.807, 2.05) is 48.5 Å². The number of rotatable bonds is 1. The first-order chi connectivity index (χ1) is 9.83. The van der Waals surface area contributed by atoms with Crippen molar-refractivity contribution in [2.75, 3.05) is 5.73 Å². The molecule has 4 nitrogen and oxygen atoms in total. The number of anilines is 1. The van der Waals surface area contributed by atoms with Crippen molar-refractivity contribution in [3.05, 3.63) is 54.7 Å². The molecule has 0 radical (unpaired) electrons. The molecule has 2 aromatic heterocycles. The number of hydrogen-bond acceptors (Lipinski definition) is 4. The second-order valence-electron chi connectivity index (χ2n) is 4.58. The van der Waals surface area contributed by atoms with E-state index in [9.17, 15) is 0 Å². The van der Waals surface area contributed by atoms with Gasteiger partial charge in [0, 0.05) is 5.39 Å². The molecule has 2 heterocycles. The lowest BCUT2D eigenvalue weighted by molar-refractivity contribution is 0.630. The summed E-state index contributed by atoms with van der Waals surface area (Å²) < 4.78 is 5.81. The van der Waals surface area contributed by atoms with Crippen LogP contribution in [0.5, 0.6) is 0 Å². The highest BCUT2D eigenvalue weighted by Crippen LogP contribution is 2.34. The molecule has 0 spiro atoms. The average molecular weight is 261 g/mol. The number of aromatic nitrogens is 2. The fourth-order valence-corrected chi connectivity index (χ4v) is 2.32. The molecule has 0 saturated carbocycles. The summed E-state index contributed by atoms with van der Waals surface area (Å²) in [4.78, 5) is 8.96. The molecule has 0 saturated heterocycles. The third-order valence-electron chi connectivity index (χ3n) is 3.32. The third kappa shape index (κ3) is 1.55. The van der Waals surface area contributed by atoms with Gasteiger partial charge in [0.15, 0.2) is 5.76 Å². The molecule has 0 fully saturated rings. The third-order valence-corrected chi connectivity index (χ3v) is 3.32. The molecule has 96 valence electrons. The smallest absolute Gasteiger partial charge is 0.178 e. The fraction of sp³-hybridized carbons (Fsp3) is 0. The predicted octanol–water partition coefficient (Wildman–Crippen LogP) is 3.63. The van der Waals surface area contributed by atoms with E-state index in [1.54, 1.807) is 6.20 Å². The van der Waals surface area contributed by atoms with Crippen LogP contribution in [0.25, 0.3) is 33.5 Å². The van der Waals surface area contributed by atoms with Gasteiger partial charge in [0.25, 0.3) is 0 Å². The van der Waals surface area contributed by atoms with Crippen LogP contribution >= 0.6 is 0 Å². The van der Waals surface area contributed by atoms with Crippen LogP contribution in [0.1, 0.15) is 0 Å². The summed E-state index contributed by atoms with van der Waals surface area (Å²) >= 11 is 0. The SMILES string of the molecule is Nc1c(-c2cnc3ccccc3n2)oc2ccccc12. The van der Waals surface area contributed by atoms with Crippen LogP contribution < -0.4 is 5.73 Å². The Bertz CT molecular complexity index is 927. The van der Waals surface area contributed by atoms with E-state index in [1.165, 1.54) is 0 Å². The van der Waals surface area contributed by atoms with Crippen molar-refractivity contribution < 1.29 is 4.42 Å². The lowest BCUT2D eigenvalue weighted by Crippen LogP contribution is -1.91. The van der Waals surface area contributed by atoms with Crippen molar-refractivity contribution in [1.82, 2.24) is 9.97 Å². The first-order valence-corrected chi connectivity index (χ1v) is 6.32. The number of nitrogen functional groups attached to an aromatic ring is 1. The zero-order valence-corrected chi connectivity index (χ0v) is 10.6. The second-order valence-corrected chi connectivity index (χ2v) is 4.58. The lowest BCUT2D eigenvalue weighted by Gasteiger charge is -2.00. The number of nitrogens with zero attached hydrogens (tertiary/aromatic N) is 2. The standard InChI is InChI=1S/C16H11N3O/c17-15-10-5-1-4-8-14(10)20-16(15)13-9-18-11-6-2-3-7-12(11)19-13/h1-9H,17H2. The fourth-order valence-electron chi connectivity index (χ4n) is 2.32. The molecule has 2 N–H and O–H groups in total. The highest BCUT2D eigenvalue weighted by Gasteiger charge is 2.14. The summed E-state index contributed by atoms with van der Waals surface area (Å²) in [6, 6.07) is 15.4. The van der Waals surface area contributed by atoms with Crippen LogP contribution in [0.4, 0.5) is 5.69 Å². The van der Waals surface area contributed by atoms with Crippen molar-refractivity contribution in [1.29, 1.82) is 0 Å². The lowest BCUT2D eigenvalue weighted by atomic mass is 10.2. The highest BCUT2D eigenvalue weighted by atomic mass is 16.3. The van der Waals surface area contributed by atoms with Crippen LogP contribution in [0.15, 0.2) is 59.1 Å². The van der Waals surface area contributed by atoms with Crippen LogP contribution in [0.2, 0.25) is 0 Å². The Hall–Kier alpha value is -2.88. The van der Waals surface area contributed by atoms with Gasteiger partial charge < -0.3 is 10.2 Å². The van der Waals surface area contributed by atoms with Crippen molar-refractivity contribution in [3.63, 3.8) is 0 Å². The normalized spacial score (nSPS) is 11.2. The van der Waals surface area contributed by atoms with Crippen LogP contribution in [0, 0.1) is 0 Å². The van der Waals surface area contributed by atoms with Crippen LogP contribution in [-0.4, -0.2) is 9.97 Å². The monoisotopic (exact) mass is 261 g/mol. The highest BCUT2D eigenvalue weighted by molar-refractivity contribution is 5.97. The molecule has 0 aliphatic heterocycles. The van der Waals surface area contributed by atoms with Crippen molar-refractivity contribution >= 4 is 27.7 Å². The Morgan fingerprint density at radius 3 is 2.50 bits per heavy atom. The van der Waals surface area contributed by atoms with Crippen molar-refractivity contribution in [2.24, 2.45) is 0 Å². The van der Waals surface area contributed by atoms with E-state index in [2.05, 4.69) is 9.97 Å². The summed E-state index contributed by atoms with van der Waals surface area (Å²) in [5.74, 6) is 0.574. The Morgan fingerprint density at radius 2 is 1.65 bits per heavy atom. The van der Waals surface area contributed by atoms with Gasteiger partial charge in [0.1, 0.15) is 11.3 Å². The molecular formula is C16H11N3O. The second kappa shape index (κ2) is 4.06. The zero-order valence-electron chi connectivity index (χ0n) is 10.6. The van der Waals surface area contributed by atoms with E-state index in [0.717, 1.165) is 22.0 Å². The number of fused-ring (bicyclic) bond motifs is 2. The molecule has 4 heteroatoms. The van der Waals surface area contributed by atoms with Gasteiger partial charge in [-0.3, -0.25) is 4.98 Å². The molecule has 0 atom stereocenters. The average Bonchev–Trinajstić information content (AvgIpc) is 2.84. The largest absolute Gasteiger partial charge is 0.452 e. The summed E-state index contributed by atoms with van der Waals surface area (Å²) in [7, 11) is 0. The van der Waals surface area contributed by atoms with Crippen molar-refractivity contribution in [2.45, 2.75) is 0 Å². The maximum Gasteiger partial charge on any atom is 0.178 e. The van der Waals surface area contributed by atoms with E-state index in [4.69, 9.17) is 10.2 Å². The van der Waals surface area contributed by atoms with Gasteiger partial charge in [-0.25, -0.2) is 4.98 Å². The first kappa shape index (κ1) is 11.0. The molecule has 0 amide bonds. The minimum Gasteiger partial charge on any atom is -0.452 e. The van der Waals surface area contributed by atoms with E-state index >= 15 is 0 Å². The number of furan rings is 1. The molecule has 4 aromatic rings. The Labute approximate surface area is 114 Å². The maximum atomic E-state index is 6.15. The minimum absolute atomic E-state index is 0.574. The van der Waals surface area contributed by atoms with Crippen molar-refractivity contribution in [3.8, 4) is 11.5 Å². The van der Waals surface area contributed by atoms with Gasteiger partial charge in [0.05, 0.1) is 22.9 Å². The van der Waals surface area contributed by atoms with Crippen LogP contribution in [-0.2, 0) is 0 Å².